The quantitative estimate of drug-likeness (QED) is 0.782. The molecule has 0 spiro atoms. The second-order valence-electron chi connectivity index (χ2n) is 4.24. The van der Waals surface area contributed by atoms with E-state index >= 15 is 0 Å². The smallest absolute Gasteiger partial charge is 0.338 e. The highest BCUT2D eigenvalue weighted by molar-refractivity contribution is 8.00. The van der Waals surface area contributed by atoms with Gasteiger partial charge in [-0.15, -0.1) is 0 Å². The number of carbonyl (C=O) groups excluding carboxylic acids is 1. The first-order valence-electron chi connectivity index (χ1n) is 6.11. The molecule has 0 aliphatic rings. The van der Waals surface area contributed by atoms with E-state index in [0.29, 0.717) is 5.03 Å². The van der Waals surface area contributed by atoms with Gasteiger partial charge in [-0.1, -0.05) is 18.7 Å². The van der Waals surface area contributed by atoms with Crippen molar-refractivity contribution in [2.24, 2.45) is 0 Å². The van der Waals surface area contributed by atoms with Crippen molar-refractivity contribution < 1.29 is 14.7 Å². The molecule has 19 heavy (non-hydrogen) atoms. The predicted octanol–water partition coefficient (Wildman–Crippen LogP) is 2.18. The number of hydrogen-bond acceptors (Lipinski definition) is 4. The first-order valence-corrected chi connectivity index (χ1v) is 6.99. The molecule has 1 aromatic heterocycles. The van der Waals surface area contributed by atoms with Gasteiger partial charge in [0.25, 0.3) is 0 Å². The predicted molar refractivity (Wildman–Crippen MR) is 74.4 cm³/mol. The minimum atomic E-state index is -1.04. The number of nitrogens with one attached hydrogen (secondary N) is 1. The van der Waals surface area contributed by atoms with Crippen LogP contribution >= 0.6 is 11.8 Å². The highest BCUT2D eigenvalue weighted by atomic mass is 32.2. The third-order valence-corrected chi connectivity index (χ3v) is 3.78. The number of pyridine rings is 1. The number of carbonyl (C=O) groups is 2. The zero-order valence-corrected chi connectivity index (χ0v) is 12.0. The van der Waals surface area contributed by atoms with Gasteiger partial charge >= 0.3 is 5.97 Å². The summed E-state index contributed by atoms with van der Waals surface area (Å²) in [6.07, 6.45) is 2.38. The van der Waals surface area contributed by atoms with E-state index in [2.05, 4.69) is 10.3 Å². The number of aromatic nitrogens is 1. The molecule has 5 nitrogen and oxygen atoms in total. The topological polar surface area (TPSA) is 79.3 Å². The summed E-state index contributed by atoms with van der Waals surface area (Å²) in [5.41, 5.74) is 0.121. The van der Waals surface area contributed by atoms with E-state index in [1.807, 2.05) is 13.8 Å². The molecular weight excluding hydrogens is 264 g/mol. The van der Waals surface area contributed by atoms with Crippen LogP contribution in [0.15, 0.2) is 23.4 Å². The Hall–Kier alpha value is -1.56. The van der Waals surface area contributed by atoms with Crippen molar-refractivity contribution in [3.8, 4) is 0 Å². The Morgan fingerprint density at radius 1 is 1.47 bits per heavy atom. The molecule has 0 radical (unpaired) electrons. The van der Waals surface area contributed by atoms with Gasteiger partial charge in [0.2, 0.25) is 5.91 Å². The fourth-order valence-electron chi connectivity index (χ4n) is 1.33. The van der Waals surface area contributed by atoms with Crippen LogP contribution in [0.4, 0.5) is 0 Å². The Morgan fingerprint density at radius 3 is 2.74 bits per heavy atom. The average Bonchev–Trinajstić information content (AvgIpc) is 2.38. The summed E-state index contributed by atoms with van der Waals surface area (Å²) >= 11 is 1.16. The zero-order valence-electron chi connectivity index (χ0n) is 11.2. The number of carboxylic acid groups (broad SMARTS) is 1. The Morgan fingerprint density at radius 2 is 2.16 bits per heavy atom. The molecule has 0 fully saturated rings. The minimum Gasteiger partial charge on any atom is -0.478 e. The van der Waals surface area contributed by atoms with Gasteiger partial charge < -0.3 is 10.4 Å². The molecule has 0 saturated heterocycles. The van der Waals surface area contributed by atoms with Crippen LogP contribution in [0.25, 0.3) is 0 Å². The first kappa shape index (κ1) is 15.5. The highest BCUT2D eigenvalue weighted by Gasteiger charge is 2.20. The highest BCUT2D eigenvalue weighted by Crippen LogP contribution is 2.24. The average molecular weight is 282 g/mol. The van der Waals surface area contributed by atoms with Crippen LogP contribution in [-0.4, -0.2) is 33.3 Å². The maximum absolute atomic E-state index is 11.9. The van der Waals surface area contributed by atoms with Crippen LogP contribution in [0, 0.1) is 0 Å². The molecule has 0 saturated carbocycles. The third kappa shape index (κ3) is 4.55. The number of carboxylic acids is 1. The Balaban J connectivity index is 2.74. The largest absolute Gasteiger partial charge is 0.478 e. The summed E-state index contributed by atoms with van der Waals surface area (Å²) in [6, 6.07) is 3.16. The van der Waals surface area contributed by atoms with Crippen molar-refractivity contribution in [3.05, 3.63) is 23.9 Å². The normalized spacial score (nSPS) is 13.6. The zero-order chi connectivity index (χ0) is 14.4. The van der Waals surface area contributed by atoms with E-state index in [9.17, 15) is 9.59 Å². The van der Waals surface area contributed by atoms with Gasteiger partial charge in [0.05, 0.1) is 10.8 Å². The molecule has 2 unspecified atom stereocenters. The molecule has 0 aliphatic heterocycles. The van der Waals surface area contributed by atoms with Crippen LogP contribution in [0.5, 0.6) is 0 Å². The number of amides is 1. The van der Waals surface area contributed by atoms with Crippen molar-refractivity contribution in [3.63, 3.8) is 0 Å². The summed E-state index contributed by atoms with van der Waals surface area (Å²) in [6.45, 7) is 5.66. The van der Waals surface area contributed by atoms with Gasteiger partial charge in [0, 0.05) is 12.2 Å². The van der Waals surface area contributed by atoms with E-state index in [-0.39, 0.29) is 22.8 Å². The molecule has 6 heteroatoms. The number of hydrogen-bond donors (Lipinski definition) is 2. The van der Waals surface area contributed by atoms with Crippen molar-refractivity contribution in [1.82, 2.24) is 10.3 Å². The third-order valence-electron chi connectivity index (χ3n) is 2.66. The SMILES string of the molecule is CCC(C)NC(=O)C(C)Sc1ncccc1C(=O)O. The molecule has 1 amide bonds. The summed E-state index contributed by atoms with van der Waals surface area (Å²) in [7, 11) is 0. The maximum atomic E-state index is 11.9. The van der Waals surface area contributed by atoms with E-state index in [4.69, 9.17) is 5.11 Å². The molecule has 1 aromatic rings. The van der Waals surface area contributed by atoms with Crippen LogP contribution in [0.3, 0.4) is 0 Å². The lowest BCUT2D eigenvalue weighted by molar-refractivity contribution is -0.120. The maximum Gasteiger partial charge on any atom is 0.338 e. The standard InChI is InChI=1S/C13H18N2O3S/c1-4-8(2)15-11(16)9(3)19-12-10(13(17)18)6-5-7-14-12/h5-9H,4H2,1-3H3,(H,15,16)(H,17,18). The summed E-state index contributed by atoms with van der Waals surface area (Å²) < 4.78 is 0. The fraction of sp³-hybridized carbons (Fsp3) is 0.462. The molecule has 0 aliphatic carbocycles. The second kappa shape index (κ2) is 7.13. The van der Waals surface area contributed by atoms with Crippen molar-refractivity contribution in [2.45, 2.75) is 43.5 Å². The van der Waals surface area contributed by atoms with Gasteiger partial charge in [-0.25, -0.2) is 9.78 Å². The van der Waals surface area contributed by atoms with Crippen LogP contribution in [-0.2, 0) is 4.79 Å². The summed E-state index contributed by atoms with van der Waals surface area (Å²) in [5, 5.41) is 11.9. The molecular formula is C13H18N2O3S. The molecule has 0 bridgehead atoms. The van der Waals surface area contributed by atoms with Crippen LogP contribution in [0.1, 0.15) is 37.6 Å². The minimum absolute atomic E-state index is 0.109. The van der Waals surface area contributed by atoms with Crippen molar-refractivity contribution >= 4 is 23.6 Å². The van der Waals surface area contributed by atoms with Gasteiger partial charge in [-0.2, -0.15) is 0 Å². The molecule has 2 atom stereocenters. The van der Waals surface area contributed by atoms with E-state index < -0.39 is 5.97 Å². The van der Waals surface area contributed by atoms with E-state index in [0.717, 1.165) is 18.2 Å². The molecule has 0 aromatic carbocycles. The second-order valence-corrected chi connectivity index (χ2v) is 5.57. The van der Waals surface area contributed by atoms with Crippen LogP contribution < -0.4 is 5.32 Å². The Bertz CT molecular complexity index is 465. The van der Waals surface area contributed by atoms with Gasteiger partial charge in [-0.3, -0.25) is 4.79 Å². The van der Waals surface area contributed by atoms with Gasteiger partial charge in [-0.05, 0) is 32.4 Å². The lowest BCUT2D eigenvalue weighted by atomic mass is 10.2. The lowest BCUT2D eigenvalue weighted by Gasteiger charge is -2.16. The number of rotatable bonds is 6. The molecule has 1 rings (SSSR count). The summed E-state index contributed by atoms with van der Waals surface area (Å²) in [4.78, 5) is 27.0. The van der Waals surface area contributed by atoms with E-state index in [1.165, 1.54) is 12.3 Å². The van der Waals surface area contributed by atoms with Crippen LogP contribution in [0.2, 0.25) is 0 Å². The van der Waals surface area contributed by atoms with Gasteiger partial charge in [0.15, 0.2) is 0 Å². The van der Waals surface area contributed by atoms with Crippen molar-refractivity contribution in [2.75, 3.05) is 0 Å². The summed E-state index contributed by atoms with van der Waals surface area (Å²) in [5.74, 6) is -1.15. The molecule has 2 N–H and O–H groups in total. The molecule has 1 heterocycles. The monoisotopic (exact) mass is 282 g/mol. The molecule has 104 valence electrons. The number of thioether (sulfide) groups is 1. The number of aromatic carboxylic acids is 1. The van der Waals surface area contributed by atoms with E-state index in [1.54, 1.807) is 13.0 Å². The first-order chi connectivity index (χ1) is 8.95. The Kier molecular flexibility index (Phi) is 5.82. The van der Waals surface area contributed by atoms with Crippen molar-refractivity contribution in [1.29, 1.82) is 0 Å². The van der Waals surface area contributed by atoms with Gasteiger partial charge in [0.1, 0.15) is 5.03 Å². The number of nitrogens with zero attached hydrogens (tertiary/aromatic N) is 1. The fourth-order valence-corrected chi connectivity index (χ4v) is 2.24. The Labute approximate surface area is 116 Å². The lowest BCUT2D eigenvalue weighted by Crippen LogP contribution is -2.37.